The van der Waals surface area contributed by atoms with Crippen LogP contribution in [0.3, 0.4) is 0 Å². The van der Waals surface area contributed by atoms with Gasteiger partial charge in [0.2, 0.25) is 0 Å². The van der Waals surface area contributed by atoms with Gasteiger partial charge in [-0.05, 0) is 88.7 Å². The van der Waals surface area contributed by atoms with Gasteiger partial charge in [0, 0.05) is 27.1 Å². The maximum Gasteiger partial charge on any atom is 0.101 e. The summed E-state index contributed by atoms with van der Waals surface area (Å²) in [6.07, 6.45) is 0.645. The second-order valence-electron chi connectivity index (χ2n) is 11.5. The van der Waals surface area contributed by atoms with E-state index in [9.17, 15) is 10.5 Å². The number of nitriles is 2. The van der Waals surface area contributed by atoms with Crippen molar-refractivity contribution >= 4 is 43.6 Å². The molecule has 0 aliphatic heterocycles. The zero-order chi connectivity index (χ0) is 29.3. The quantitative estimate of drug-likeness (QED) is 0.223. The van der Waals surface area contributed by atoms with Crippen LogP contribution < -0.4 is 0 Å². The van der Waals surface area contributed by atoms with Crippen LogP contribution in [0.1, 0.15) is 45.9 Å². The van der Waals surface area contributed by atoms with E-state index in [-0.39, 0.29) is 0 Å². The minimum atomic E-state index is 0.500. The Balaban J connectivity index is 1.71. The Labute approximate surface area is 245 Å². The summed E-state index contributed by atoms with van der Waals surface area (Å²) >= 11 is 0. The Morgan fingerprint density at radius 3 is 1.07 bits per heavy atom. The Morgan fingerprint density at radius 2 is 0.810 bits per heavy atom. The van der Waals surface area contributed by atoms with Gasteiger partial charge in [-0.15, -0.1) is 0 Å². The van der Waals surface area contributed by atoms with Crippen molar-refractivity contribution in [2.45, 2.75) is 41.0 Å². The van der Waals surface area contributed by atoms with Crippen molar-refractivity contribution < 1.29 is 0 Å². The number of nitrogens with zero attached hydrogens (tertiary/aromatic N) is 4. The molecule has 7 aromatic rings. The Morgan fingerprint density at radius 1 is 0.500 bits per heavy atom. The van der Waals surface area contributed by atoms with Gasteiger partial charge < -0.3 is 9.13 Å². The second kappa shape index (κ2) is 9.37. The largest absolute Gasteiger partial charge is 0.308 e. The molecular weight excluding hydrogens is 512 g/mol. The minimum Gasteiger partial charge on any atom is -0.308 e. The van der Waals surface area contributed by atoms with Crippen molar-refractivity contribution in [3.63, 3.8) is 0 Å². The van der Waals surface area contributed by atoms with Gasteiger partial charge in [0.15, 0.2) is 0 Å². The number of hydrogen-bond acceptors (Lipinski definition) is 2. The van der Waals surface area contributed by atoms with Crippen molar-refractivity contribution in [3.8, 4) is 23.5 Å². The van der Waals surface area contributed by atoms with Crippen molar-refractivity contribution in [3.05, 3.63) is 118 Å². The standard InChI is InChI=1S/C38H30N4/c1-6-28-37(41-33-11-7-22(2)15-29(33)30-16-23(3)8-12-34(30)41)26(20-39)19-27(21-40)38(28)42-35-13-9-24(4)17-31(35)32-18-25(5)10-14-36(32)42/h7-19H,6H2,1-5H3. The van der Waals surface area contributed by atoms with Crippen LogP contribution in [0.15, 0.2) is 78.9 Å². The summed E-state index contributed by atoms with van der Waals surface area (Å²) in [6.45, 7) is 10.6. The highest BCUT2D eigenvalue weighted by Gasteiger charge is 2.25. The van der Waals surface area contributed by atoms with Crippen LogP contribution in [0.25, 0.3) is 55.0 Å². The average Bonchev–Trinajstić information content (AvgIpc) is 3.46. The van der Waals surface area contributed by atoms with Crippen LogP contribution >= 0.6 is 0 Å². The number of fused-ring (bicyclic) bond motifs is 6. The van der Waals surface area contributed by atoms with Crippen LogP contribution in [0.4, 0.5) is 0 Å². The third-order valence-electron chi connectivity index (χ3n) is 8.56. The third kappa shape index (κ3) is 3.59. The van der Waals surface area contributed by atoms with Gasteiger partial charge in [-0.2, -0.15) is 10.5 Å². The normalized spacial score (nSPS) is 11.5. The molecule has 0 unspecified atom stereocenters. The molecule has 7 rings (SSSR count). The van der Waals surface area contributed by atoms with E-state index in [0.29, 0.717) is 17.5 Å². The Hall–Kier alpha value is -5.32. The first kappa shape index (κ1) is 25.6. The molecule has 0 aliphatic rings. The van der Waals surface area contributed by atoms with Gasteiger partial charge >= 0.3 is 0 Å². The highest BCUT2D eigenvalue weighted by atomic mass is 15.0. The summed E-state index contributed by atoms with van der Waals surface area (Å²) in [5, 5.41) is 25.7. The van der Waals surface area contributed by atoms with Crippen molar-refractivity contribution in [1.29, 1.82) is 10.5 Å². The fraction of sp³-hybridized carbons (Fsp3) is 0.158. The fourth-order valence-corrected chi connectivity index (χ4v) is 6.72. The molecule has 5 aromatic carbocycles. The summed E-state index contributed by atoms with van der Waals surface area (Å²) in [6, 6.07) is 32.8. The average molecular weight is 543 g/mol. The molecule has 0 spiro atoms. The number of rotatable bonds is 3. The Bertz CT molecular complexity index is 2070. The molecule has 0 saturated heterocycles. The van der Waals surface area contributed by atoms with E-state index in [1.54, 1.807) is 6.07 Å². The van der Waals surface area contributed by atoms with Crippen LogP contribution in [0, 0.1) is 50.4 Å². The van der Waals surface area contributed by atoms with Gasteiger partial charge in [-0.25, -0.2) is 0 Å². The van der Waals surface area contributed by atoms with Crippen LogP contribution in [0.5, 0.6) is 0 Å². The van der Waals surface area contributed by atoms with Gasteiger partial charge in [-0.1, -0.05) is 53.4 Å². The molecule has 0 amide bonds. The molecular formula is C38H30N4. The molecule has 0 fully saturated rings. The first-order chi connectivity index (χ1) is 20.3. The molecule has 0 radical (unpaired) electrons. The number of hydrogen-bond donors (Lipinski definition) is 0. The van der Waals surface area contributed by atoms with Crippen LogP contribution in [-0.4, -0.2) is 9.13 Å². The van der Waals surface area contributed by atoms with E-state index in [2.05, 4.69) is 129 Å². The molecule has 2 aromatic heterocycles. The number of aryl methyl sites for hydroxylation is 4. The van der Waals surface area contributed by atoms with E-state index in [0.717, 1.165) is 60.5 Å². The first-order valence-electron chi connectivity index (χ1n) is 14.4. The predicted octanol–water partition coefficient (Wildman–Crippen LogP) is 9.42. The molecule has 0 saturated carbocycles. The molecule has 2 heterocycles. The number of aromatic nitrogens is 2. The van der Waals surface area contributed by atoms with Crippen LogP contribution in [0.2, 0.25) is 0 Å². The SMILES string of the molecule is CCc1c(-n2c3ccc(C)cc3c3cc(C)ccc32)c(C#N)cc(C#N)c1-n1c2ccc(C)cc2c2cc(C)ccc21. The molecule has 0 aliphatic carbocycles. The van der Waals surface area contributed by atoms with Crippen molar-refractivity contribution in [1.82, 2.24) is 9.13 Å². The smallest absolute Gasteiger partial charge is 0.101 e. The maximum absolute atomic E-state index is 10.5. The molecule has 0 bridgehead atoms. The Kier molecular flexibility index (Phi) is 5.72. The monoisotopic (exact) mass is 542 g/mol. The van der Waals surface area contributed by atoms with E-state index >= 15 is 0 Å². The molecule has 42 heavy (non-hydrogen) atoms. The van der Waals surface area contributed by atoms with Crippen molar-refractivity contribution in [2.24, 2.45) is 0 Å². The van der Waals surface area contributed by atoms with E-state index in [4.69, 9.17) is 0 Å². The lowest BCUT2D eigenvalue weighted by atomic mass is 9.97. The lowest BCUT2D eigenvalue weighted by molar-refractivity contribution is 1.01. The van der Waals surface area contributed by atoms with Gasteiger partial charge in [0.25, 0.3) is 0 Å². The topological polar surface area (TPSA) is 57.4 Å². The summed E-state index contributed by atoms with van der Waals surface area (Å²) < 4.78 is 4.49. The first-order valence-corrected chi connectivity index (χ1v) is 14.4. The van der Waals surface area contributed by atoms with E-state index in [1.165, 1.54) is 22.3 Å². The highest BCUT2D eigenvalue weighted by molar-refractivity contribution is 6.11. The lowest BCUT2D eigenvalue weighted by Crippen LogP contribution is -2.10. The van der Waals surface area contributed by atoms with E-state index < -0.39 is 0 Å². The third-order valence-corrected chi connectivity index (χ3v) is 8.56. The minimum absolute atomic E-state index is 0.500. The van der Waals surface area contributed by atoms with Crippen molar-refractivity contribution in [2.75, 3.05) is 0 Å². The summed E-state index contributed by atoms with van der Waals surface area (Å²) in [5.41, 5.74) is 12.6. The second-order valence-corrected chi connectivity index (χ2v) is 11.5. The van der Waals surface area contributed by atoms with E-state index in [1.807, 2.05) is 0 Å². The summed E-state index contributed by atoms with van der Waals surface area (Å²) in [7, 11) is 0. The lowest BCUT2D eigenvalue weighted by Gasteiger charge is -2.21. The number of benzene rings is 5. The zero-order valence-corrected chi connectivity index (χ0v) is 24.5. The molecule has 4 nitrogen and oxygen atoms in total. The summed E-state index contributed by atoms with van der Waals surface area (Å²) in [5.74, 6) is 0. The van der Waals surface area contributed by atoms with Gasteiger partial charge in [-0.3, -0.25) is 0 Å². The predicted molar refractivity (Wildman–Crippen MR) is 173 cm³/mol. The van der Waals surface area contributed by atoms with Crippen LogP contribution in [-0.2, 0) is 6.42 Å². The molecule has 0 N–H and O–H groups in total. The van der Waals surface area contributed by atoms with Gasteiger partial charge in [0.1, 0.15) is 12.1 Å². The summed E-state index contributed by atoms with van der Waals surface area (Å²) in [4.78, 5) is 0. The fourth-order valence-electron chi connectivity index (χ4n) is 6.72. The molecule has 202 valence electrons. The zero-order valence-electron chi connectivity index (χ0n) is 24.5. The maximum atomic E-state index is 10.5. The molecule has 4 heteroatoms. The molecule has 0 atom stereocenters. The van der Waals surface area contributed by atoms with Gasteiger partial charge in [0.05, 0.1) is 44.6 Å². The highest BCUT2D eigenvalue weighted by Crippen LogP contribution is 2.41.